The van der Waals surface area contributed by atoms with Crippen LogP contribution in [0.15, 0.2) is 40.2 Å². The summed E-state index contributed by atoms with van der Waals surface area (Å²) in [5.74, 6) is 0.0779. The normalized spacial score (nSPS) is 11.2. The third-order valence-electron chi connectivity index (χ3n) is 3.90. The molecule has 10 heteroatoms. The molecule has 2 amide bonds. The summed E-state index contributed by atoms with van der Waals surface area (Å²) in [6.45, 7) is 5.19. The van der Waals surface area contributed by atoms with Crippen molar-refractivity contribution < 1.29 is 23.2 Å². The number of anilines is 2. The highest BCUT2D eigenvalue weighted by Gasteiger charge is 2.18. The van der Waals surface area contributed by atoms with Gasteiger partial charge in [-0.1, -0.05) is 11.2 Å². The van der Waals surface area contributed by atoms with E-state index in [2.05, 4.69) is 20.8 Å². The summed E-state index contributed by atoms with van der Waals surface area (Å²) < 4.78 is 24.1. The van der Waals surface area contributed by atoms with Crippen molar-refractivity contribution in [1.82, 2.24) is 10.1 Å². The first-order valence-corrected chi connectivity index (χ1v) is 10.5. The van der Waals surface area contributed by atoms with E-state index in [1.54, 1.807) is 20.8 Å². The van der Waals surface area contributed by atoms with Gasteiger partial charge in [-0.2, -0.15) is 4.98 Å². The highest BCUT2D eigenvalue weighted by molar-refractivity contribution is 7.13. The quantitative estimate of drug-likeness (QED) is 0.514. The molecule has 2 N–H and O–H groups in total. The Morgan fingerprint density at radius 1 is 1.19 bits per heavy atom. The van der Waals surface area contributed by atoms with Crippen LogP contribution in [-0.2, 0) is 16.0 Å². The molecular formula is C21H23FN4O4S. The third-order valence-corrected chi connectivity index (χ3v) is 4.76. The number of carbonyl (C=O) groups excluding carboxylic acids is 2. The standard InChI is InChI=1S/C21H23FN4O4S/c1-21(2,3)29-20(28)24-14-10-9-13(22)12-15(14)23-17(27)7-4-8-18-25-19(26-30-18)16-6-5-11-31-16/h5-6,9-12H,4,7-8H2,1-3H3,(H,23,27)(H,24,28). The fourth-order valence-electron chi connectivity index (χ4n) is 2.62. The van der Waals surface area contributed by atoms with E-state index in [0.29, 0.717) is 24.6 Å². The first-order valence-electron chi connectivity index (χ1n) is 9.65. The van der Waals surface area contributed by atoms with Gasteiger partial charge in [0.15, 0.2) is 0 Å². The Morgan fingerprint density at radius 3 is 2.71 bits per heavy atom. The zero-order valence-corrected chi connectivity index (χ0v) is 18.2. The summed E-state index contributed by atoms with van der Waals surface area (Å²) in [6, 6.07) is 7.48. The van der Waals surface area contributed by atoms with Crippen LogP contribution >= 0.6 is 11.3 Å². The van der Waals surface area contributed by atoms with Gasteiger partial charge in [0.2, 0.25) is 17.6 Å². The summed E-state index contributed by atoms with van der Waals surface area (Å²) in [6.07, 6.45) is 0.339. The van der Waals surface area contributed by atoms with Crippen molar-refractivity contribution >= 4 is 34.7 Å². The van der Waals surface area contributed by atoms with Crippen molar-refractivity contribution in [2.45, 2.75) is 45.6 Å². The molecular weight excluding hydrogens is 423 g/mol. The van der Waals surface area contributed by atoms with Gasteiger partial charge in [-0.25, -0.2) is 9.18 Å². The zero-order valence-electron chi connectivity index (χ0n) is 17.4. The topological polar surface area (TPSA) is 106 Å². The number of nitrogens with one attached hydrogen (secondary N) is 2. The Kier molecular flexibility index (Phi) is 7.01. The number of hydrogen-bond donors (Lipinski definition) is 2. The molecule has 0 fully saturated rings. The van der Waals surface area contributed by atoms with Crippen LogP contribution in [0.3, 0.4) is 0 Å². The fourth-order valence-corrected chi connectivity index (χ4v) is 3.27. The molecule has 0 aliphatic rings. The van der Waals surface area contributed by atoms with Crippen LogP contribution in [0.5, 0.6) is 0 Å². The van der Waals surface area contributed by atoms with E-state index in [-0.39, 0.29) is 23.7 Å². The van der Waals surface area contributed by atoms with E-state index in [9.17, 15) is 14.0 Å². The fraction of sp³-hybridized carbons (Fsp3) is 0.333. The number of nitrogens with zero attached hydrogens (tertiary/aromatic N) is 2. The van der Waals surface area contributed by atoms with Gasteiger partial charge in [0.05, 0.1) is 16.3 Å². The number of thiophene rings is 1. The Bertz CT molecular complexity index is 1040. The highest BCUT2D eigenvalue weighted by Crippen LogP contribution is 2.25. The molecule has 2 heterocycles. The van der Waals surface area contributed by atoms with Gasteiger partial charge < -0.3 is 14.6 Å². The molecule has 3 aromatic rings. The summed E-state index contributed by atoms with van der Waals surface area (Å²) in [4.78, 5) is 29.6. The van der Waals surface area contributed by atoms with Crippen LogP contribution in [0.1, 0.15) is 39.5 Å². The lowest BCUT2D eigenvalue weighted by Crippen LogP contribution is -2.27. The first-order chi connectivity index (χ1) is 14.7. The van der Waals surface area contributed by atoms with E-state index in [1.807, 2.05) is 17.5 Å². The molecule has 0 aliphatic heterocycles. The van der Waals surface area contributed by atoms with Crippen molar-refractivity contribution in [3.05, 3.63) is 47.4 Å². The van der Waals surface area contributed by atoms with Crippen molar-refractivity contribution in [2.24, 2.45) is 0 Å². The lowest BCUT2D eigenvalue weighted by molar-refractivity contribution is -0.116. The minimum atomic E-state index is -0.701. The lowest BCUT2D eigenvalue weighted by Gasteiger charge is -2.20. The van der Waals surface area contributed by atoms with E-state index in [0.717, 1.165) is 10.9 Å². The van der Waals surface area contributed by atoms with Crippen LogP contribution in [-0.4, -0.2) is 27.7 Å². The van der Waals surface area contributed by atoms with Crippen molar-refractivity contribution in [1.29, 1.82) is 0 Å². The number of aromatic nitrogens is 2. The SMILES string of the molecule is CC(C)(C)OC(=O)Nc1ccc(F)cc1NC(=O)CCCc1nc(-c2cccs2)no1. The van der Waals surface area contributed by atoms with Gasteiger partial charge in [0.1, 0.15) is 11.4 Å². The number of ether oxygens (including phenoxy) is 1. The van der Waals surface area contributed by atoms with Crippen molar-refractivity contribution in [2.75, 3.05) is 10.6 Å². The Balaban J connectivity index is 1.54. The largest absolute Gasteiger partial charge is 0.444 e. The molecule has 0 radical (unpaired) electrons. The van der Waals surface area contributed by atoms with E-state index in [1.165, 1.54) is 23.5 Å². The number of aryl methyl sites for hydroxylation is 1. The van der Waals surface area contributed by atoms with Crippen LogP contribution in [0.25, 0.3) is 10.7 Å². The van der Waals surface area contributed by atoms with Crippen LogP contribution in [0, 0.1) is 5.82 Å². The molecule has 3 rings (SSSR count). The third kappa shape index (κ3) is 6.88. The van der Waals surface area contributed by atoms with E-state index in [4.69, 9.17) is 9.26 Å². The molecule has 0 unspecified atom stereocenters. The first kappa shape index (κ1) is 22.4. The number of amides is 2. The maximum Gasteiger partial charge on any atom is 0.412 e. The summed E-state index contributed by atoms with van der Waals surface area (Å²) in [7, 11) is 0. The van der Waals surface area contributed by atoms with Gasteiger partial charge in [0.25, 0.3) is 0 Å². The molecule has 31 heavy (non-hydrogen) atoms. The monoisotopic (exact) mass is 446 g/mol. The van der Waals surface area contributed by atoms with Gasteiger partial charge in [-0.15, -0.1) is 11.3 Å². The van der Waals surface area contributed by atoms with Gasteiger partial charge in [0, 0.05) is 12.8 Å². The summed E-state index contributed by atoms with van der Waals surface area (Å²) >= 11 is 1.51. The van der Waals surface area contributed by atoms with Crippen LogP contribution in [0.2, 0.25) is 0 Å². The molecule has 164 valence electrons. The molecule has 0 saturated carbocycles. The molecule has 0 bridgehead atoms. The number of benzene rings is 1. The number of rotatable bonds is 7. The predicted octanol–water partition coefficient (Wildman–Crippen LogP) is 5.25. The Labute approximate surface area is 182 Å². The molecule has 0 spiro atoms. The van der Waals surface area contributed by atoms with Crippen LogP contribution in [0.4, 0.5) is 20.6 Å². The second-order valence-electron chi connectivity index (χ2n) is 7.71. The zero-order chi connectivity index (χ0) is 22.4. The van der Waals surface area contributed by atoms with Gasteiger partial charge >= 0.3 is 6.09 Å². The average Bonchev–Trinajstić information content (AvgIpc) is 3.34. The van der Waals surface area contributed by atoms with Crippen molar-refractivity contribution in [3.8, 4) is 10.7 Å². The Morgan fingerprint density at radius 2 is 2.00 bits per heavy atom. The molecule has 0 saturated heterocycles. The van der Waals surface area contributed by atoms with E-state index < -0.39 is 17.5 Å². The maximum atomic E-state index is 13.7. The molecule has 2 aromatic heterocycles. The van der Waals surface area contributed by atoms with Crippen molar-refractivity contribution in [3.63, 3.8) is 0 Å². The second kappa shape index (κ2) is 9.69. The maximum absolute atomic E-state index is 13.7. The van der Waals surface area contributed by atoms with Crippen LogP contribution < -0.4 is 10.6 Å². The summed E-state index contributed by atoms with van der Waals surface area (Å²) in [5, 5.41) is 11.0. The summed E-state index contributed by atoms with van der Waals surface area (Å²) in [5.41, 5.74) is -0.304. The number of hydrogen-bond acceptors (Lipinski definition) is 7. The minimum absolute atomic E-state index is 0.147. The smallest absolute Gasteiger partial charge is 0.412 e. The van der Waals surface area contributed by atoms with Gasteiger partial charge in [-0.3, -0.25) is 10.1 Å². The molecule has 8 nitrogen and oxygen atoms in total. The molecule has 1 aromatic carbocycles. The number of carbonyl (C=O) groups is 2. The second-order valence-corrected chi connectivity index (χ2v) is 8.66. The average molecular weight is 447 g/mol. The van der Waals surface area contributed by atoms with E-state index >= 15 is 0 Å². The molecule has 0 aliphatic carbocycles. The Hall–Kier alpha value is -3.27. The number of halogens is 1. The predicted molar refractivity (Wildman–Crippen MR) is 115 cm³/mol. The van der Waals surface area contributed by atoms with Gasteiger partial charge in [-0.05, 0) is 56.8 Å². The lowest BCUT2D eigenvalue weighted by atomic mass is 10.2. The molecule has 0 atom stereocenters. The highest BCUT2D eigenvalue weighted by atomic mass is 32.1. The minimum Gasteiger partial charge on any atom is -0.444 e.